The standard InChI is InChI=1S/C25H29N3O5S2/c29-25(18-9-3-1-4-10-18)27-35(32,33)20-15-16-21(23(17-20)28(30)31)26-22-13-7-8-14-24(22)34-19-11-5-2-6-12-19/h2,5-6,9,11-12,15-17,22,24,26H,1,3-4,7-8,10,13-14H2,(H,27,29). The lowest BCUT2D eigenvalue weighted by Gasteiger charge is -2.32. The number of sulfonamides is 1. The molecule has 2 aliphatic carbocycles. The highest BCUT2D eigenvalue weighted by molar-refractivity contribution is 8.00. The van der Waals surface area contributed by atoms with E-state index >= 15 is 0 Å². The molecule has 1 fully saturated rings. The fourth-order valence-corrected chi connectivity index (χ4v) is 6.84. The summed E-state index contributed by atoms with van der Waals surface area (Å²) in [5.41, 5.74) is 0.388. The van der Waals surface area contributed by atoms with Gasteiger partial charge in [-0.05, 0) is 62.8 Å². The Morgan fingerprint density at radius 1 is 1.03 bits per heavy atom. The Balaban J connectivity index is 1.53. The SMILES string of the molecule is O=C(NS(=O)(=O)c1ccc(NC2CCCCC2Sc2ccccc2)c([N+](=O)[O-])c1)C1=CCCCC1. The molecule has 0 saturated heterocycles. The van der Waals surface area contributed by atoms with Crippen molar-refractivity contribution in [3.63, 3.8) is 0 Å². The van der Waals surface area contributed by atoms with E-state index in [1.54, 1.807) is 17.8 Å². The predicted octanol–water partition coefficient (Wildman–Crippen LogP) is 5.42. The maximum absolute atomic E-state index is 12.8. The number of nitrogens with zero attached hydrogens (tertiary/aromatic N) is 1. The van der Waals surface area contributed by atoms with Gasteiger partial charge >= 0.3 is 0 Å². The van der Waals surface area contributed by atoms with Gasteiger partial charge in [-0.3, -0.25) is 14.9 Å². The molecule has 0 aromatic heterocycles. The van der Waals surface area contributed by atoms with Crippen molar-refractivity contribution in [3.05, 3.63) is 70.3 Å². The zero-order valence-corrected chi connectivity index (χ0v) is 20.9. The zero-order chi connectivity index (χ0) is 24.8. The first kappa shape index (κ1) is 25.2. The molecule has 2 unspecified atom stereocenters. The molecule has 2 aromatic carbocycles. The molecule has 0 heterocycles. The van der Waals surface area contributed by atoms with Gasteiger partial charge in [-0.2, -0.15) is 0 Å². The number of nitro groups is 1. The number of hydrogen-bond acceptors (Lipinski definition) is 7. The van der Waals surface area contributed by atoms with Gasteiger partial charge in [0, 0.05) is 27.8 Å². The number of amides is 1. The van der Waals surface area contributed by atoms with Crippen molar-refractivity contribution in [1.29, 1.82) is 0 Å². The molecular weight excluding hydrogens is 486 g/mol. The van der Waals surface area contributed by atoms with Gasteiger partial charge in [-0.25, -0.2) is 13.1 Å². The minimum Gasteiger partial charge on any atom is -0.376 e. The lowest BCUT2D eigenvalue weighted by molar-refractivity contribution is -0.384. The number of allylic oxidation sites excluding steroid dienone is 1. The number of hydrogen-bond donors (Lipinski definition) is 2. The number of benzene rings is 2. The van der Waals surface area contributed by atoms with Crippen LogP contribution in [0.25, 0.3) is 0 Å². The second kappa shape index (κ2) is 11.3. The summed E-state index contributed by atoms with van der Waals surface area (Å²) in [6.07, 6.45) is 8.77. The first-order valence-corrected chi connectivity index (χ1v) is 14.2. The highest BCUT2D eigenvalue weighted by Crippen LogP contribution is 2.37. The second-order valence-corrected chi connectivity index (χ2v) is 11.8. The molecule has 0 spiro atoms. The molecular formula is C25H29N3O5S2. The average molecular weight is 516 g/mol. The summed E-state index contributed by atoms with van der Waals surface area (Å²) < 4.78 is 27.7. The first-order valence-electron chi connectivity index (χ1n) is 11.9. The van der Waals surface area contributed by atoms with E-state index in [2.05, 4.69) is 22.2 Å². The van der Waals surface area contributed by atoms with Gasteiger partial charge in [0.15, 0.2) is 0 Å². The summed E-state index contributed by atoms with van der Waals surface area (Å²) in [5.74, 6) is -0.669. The summed E-state index contributed by atoms with van der Waals surface area (Å²) >= 11 is 1.75. The third-order valence-corrected chi connectivity index (χ3v) is 9.10. The van der Waals surface area contributed by atoms with E-state index in [-0.39, 0.29) is 27.6 Å². The zero-order valence-electron chi connectivity index (χ0n) is 19.3. The molecule has 0 bridgehead atoms. The first-order chi connectivity index (χ1) is 16.8. The Morgan fingerprint density at radius 3 is 2.51 bits per heavy atom. The third kappa shape index (κ3) is 6.43. The second-order valence-electron chi connectivity index (χ2n) is 8.85. The molecule has 2 aromatic rings. The Morgan fingerprint density at radius 2 is 1.80 bits per heavy atom. The Kier molecular flexibility index (Phi) is 8.12. The lowest BCUT2D eigenvalue weighted by atomic mass is 9.94. The predicted molar refractivity (Wildman–Crippen MR) is 137 cm³/mol. The van der Waals surface area contributed by atoms with Crippen molar-refractivity contribution >= 4 is 39.1 Å². The van der Waals surface area contributed by atoms with Crippen LogP contribution in [-0.4, -0.2) is 30.5 Å². The van der Waals surface area contributed by atoms with Gasteiger partial charge in [0.25, 0.3) is 21.6 Å². The van der Waals surface area contributed by atoms with Gasteiger partial charge in [0.2, 0.25) is 0 Å². The number of anilines is 1. The van der Waals surface area contributed by atoms with Crippen molar-refractivity contribution in [2.75, 3.05) is 5.32 Å². The normalized spacial score (nSPS) is 20.5. The van der Waals surface area contributed by atoms with Crippen LogP contribution in [0.2, 0.25) is 0 Å². The summed E-state index contributed by atoms with van der Waals surface area (Å²) in [5, 5.41) is 15.4. The maximum atomic E-state index is 12.8. The van der Waals surface area contributed by atoms with E-state index in [9.17, 15) is 23.3 Å². The number of thioether (sulfide) groups is 1. The number of nitro benzene ring substituents is 1. The quantitative estimate of drug-likeness (QED) is 0.356. The van der Waals surface area contributed by atoms with Crippen molar-refractivity contribution in [2.45, 2.75) is 72.4 Å². The third-order valence-electron chi connectivity index (χ3n) is 6.36. The van der Waals surface area contributed by atoms with E-state index in [0.29, 0.717) is 12.0 Å². The van der Waals surface area contributed by atoms with E-state index in [0.717, 1.165) is 55.9 Å². The number of carbonyl (C=O) groups is 1. The molecule has 186 valence electrons. The fourth-order valence-electron chi connectivity index (χ4n) is 4.52. The summed E-state index contributed by atoms with van der Waals surface area (Å²) in [7, 11) is -4.24. The van der Waals surface area contributed by atoms with Gasteiger partial charge < -0.3 is 5.32 Å². The molecule has 0 radical (unpaired) electrons. The van der Waals surface area contributed by atoms with Gasteiger partial charge in [0.1, 0.15) is 5.69 Å². The molecule has 0 aliphatic heterocycles. The molecule has 2 N–H and O–H groups in total. The average Bonchev–Trinajstić information content (AvgIpc) is 2.86. The molecule has 1 saturated carbocycles. The van der Waals surface area contributed by atoms with Crippen LogP contribution in [0.15, 0.2) is 70.0 Å². The van der Waals surface area contributed by atoms with Crippen LogP contribution in [-0.2, 0) is 14.8 Å². The molecule has 2 atom stereocenters. The highest BCUT2D eigenvalue weighted by atomic mass is 32.2. The van der Waals surface area contributed by atoms with Crippen molar-refractivity contribution < 1.29 is 18.1 Å². The molecule has 4 rings (SSSR count). The number of rotatable bonds is 8. The number of nitrogens with one attached hydrogen (secondary N) is 2. The van der Waals surface area contributed by atoms with Crippen molar-refractivity contribution in [1.82, 2.24) is 4.72 Å². The van der Waals surface area contributed by atoms with Crippen LogP contribution < -0.4 is 10.0 Å². The lowest BCUT2D eigenvalue weighted by Crippen LogP contribution is -2.34. The van der Waals surface area contributed by atoms with Crippen molar-refractivity contribution in [2.24, 2.45) is 0 Å². The van der Waals surface area contributed by atoms with Crippen LogP contribution in [0.3, 0.4) is 0 Å². The topological polar surface area (TPSA) is 118 Å². The summed E-state index contributed by atoms with van der Waals surface area (Å²) in [6, 6.07) is 13.8. The molecule has 2 aliphatic rings. The van der Waals surface area contributed by atoms with Gasteiger partial charge in [-0.15, -0.1) is 11.8 Å². The van der Waals surface area contributed by atoms with E-state index in [1.807, 2.05) is 18.2 Å². The van der Waals surface area contributed by atoms with E-state index < -0.39 is 20.9 Å². The monoisotopic (exact) mass is 515 g/mol. The molecule has 8 nitrogen and oxygen atoms in total. The van der Waals surface area contributed by atoms with E-state index in [4.69, 9.17) is 0 Å². The Labute approximate surface area is 209 Å². The van der Waals surface area contributed by atoms with Crippen LogP contribution in [0.5, 0.6) is 0 Å². The largest absolute Gasteiger partial charge is 0.376 e. The van der Waals surface area contributed by atoms with E-state index in [1.165, 1.54) is 12.1 Å². The van der Waals surface area contributed by atoms with Gasteiger partial charge in [0.05, 0.1) is 9.82 Å². The minimum atomic E-state index is -4.24. The molecule has 35 heavy (non-hydrogen) atoms. The molecule has 1 amide bonds. The molecule has 10 heteroatoms. The smallest absolute Gasteiger partial charge is 0.293 e. The van der Waals surface area contributed by atoms with Crippen molar-refractivity contribution in [3.8, 4) is 0 Å². The van der Waals surface area contributed by atoms with Crippen LogP contribution in [0.4, 0.5) is 11.4 Å². The van der Waals surface area contributed by atoms with Crippen LogP contribution in [0.1, 0.15) is 51.4 Å². The number of carbonyl (C=O) groups excluding carboxylic acids is 1. The highest BCUT2D eigenvalue weighted by Gasteiger charge is 2.30. The van der Waals surface area contributed by atoms with Gasteiger partial charge in [-0.1, -0.05) is 37.1 Å². The fraction of sp³-hybridized carbons (Fsp3) is 0.400. The van der Waals surface area contributed by atoms with Crippen LogP contribution in [0, 0.1) is 10.1 Å². The Hall–Kier alpha value is -2.85. The Bertz CT molecular complexity index is 1210. The minimum absolute atomic E-state index is 0.00746. The van der Waals surface area contributed by atoms with Crippen LogP contribution >= 0.6 is 11.8 Å². The summed E-state index contributed by atoms with van der Waals surface area (Å²) in [4.78, 5) is 24.5. The summed E-state index contributed by atoms with van der Waals surface area (Å²) in [6.45, 7) is 0. The maximum Gasteiger partial charge on any atom is 0.293 e.